The van der Waals surface area contributed by atoms with Crippen molar-refractivity contribution in [3.05, 3.63) is 93.5 Å². The molecule has 0 aromatic heterocycles. The third kappa shape index (κ3) is 3.64. The van der Waals surface area contributed by atoms with Gasteiger partial charge in [0.1, 0.15) is 11.5 Å². The van der Waals surface area contributed by atoms with Crippen LogP contribution in [0.25, 0.3) is 0 Å². The van der Waals surface area contributed by atoms with Gasteiger partial charge in [-0.25, -0.2) is 5.01 Å². The molecule has 5 rings (SSSR count). The van der Waals surface area contributed by atoms with Crippen molar-refractivity contribution in [2.75, 3.05) is 7.11 Å². The van der Waals surface area contributed by atoms with Crippen LogP contribution in [0.15, 0.2) is 71.8 Å². The summed E-state index contributed by atoms with van der Waals surface area (Å²) in [7, 11) is 1.63. The third-order valence-electron chi connectivity index (χ3n) is 5.53. The van der Waals surface area contributed by atoms with Crippen LogP contribution in [0.2, 0.25) is 10.0 Å². The van der Waals surface area contributed by atoms with Crippen molar-refractivity contribution in [1.82, 2.24) is 5.01 Å². The molecular weight excluding hydrogens is 435 g/mol. The topological polar surface area (TPSA) is 51.1 Å². The van der Waals surface area contributed by atoms with Gasteiger partial charge in [-0.15, -0.1) is 0 Å². The second-order valence-electron chi connectivity index (χ2n) is 7.40. The average Bonchev–Trinajstić information content (AvgIpc) is 3.24. The quantitative estimate of drug-likeness (QED) is 0.472. The molecule has 156 valence electrons. The van der Waals surface area contributed by atoms with Crippen molar-refractivity contribution in [1.29, 1.82) is 0 Å². The molecule has 5 nitrogen and oxygen atoms in total. The van der Waals surface area contributed by atoms with Crippen molar-refractivity contribution in [2.45, 2.75) is 18.7 Å². The van der Waals surface area contributed by atoms with Crippen LogP contribution in [0.4, 0.5) is 0 Å². The number of halogens is 2. The number of hydrogen-bond donors (Lipinski definition) is 0. The molecule has 2 heterocycles. The van der Waals surface area contributed by atoms with E-state index in [0.717, 1.165) is 22.6 Å². The fraction of sp³-hybridized carbons (Fsp3) is 0.167. The van der Waals surface area contributed by atoms with Gasteiger partial charge in [-0.3, -0.25) is 4.79 Å². The molecule has 0 bridgehead atoms. The van der Waals surface area contributed by atoms with Gasteiger partial charge < -0.3 is 9.47 Å². The highest BCUT2D eigenvalue weighted by Crippen LogP contribution is 2.44. The molecule has 3 aromatic carbocycles. The van der Waals surface area contributed by atoms with E-state index in [0.29, 0.717) is 27.8 Å². The minimum atomic E-state index is -0.879. The molecule has 0 saturated heterocycles. The first-order valence-electron chi connectivity index (χ1n) is 9.79. The SMILES string of the molecule is COc1ccc(C2=NN3[C@H](C2)c2cc(Cl)ccc2O[C@H]3C(=O)c2ccc(Cl)cc2)cc1. The molecule has 2 aliphatic heterocycles. The van der Waals surface area contributed by atoms with Gasteiger partial charge in [0.05, 0.1) is 18.9 Å². The van der Waals surface area contributed by atoms with Gasteiger partial charge in [0.2, 0.25) is 5.78 Å². The molecule has 0 spiro atoms. The lowest BCUT2D eigenvalue weighted by Gasteiger charge is -2.37. The molecule has 2 aliphatic rings. The number of hydrogen-bond acceptors (Lipinski definition) is 5. The van der Waals surface area contributed by atoms with Crippen LogP contribution in [0.1, 0.15) is 33.9 Å². The Bertz CT molecular complexity index is 1180. The van der Waals surface area contributed by atoms with E-state index < -0.39 is 6.23 Å². The van der Waals surface area contributed by atoms with Gasteiger partial charge in [-0.2, -0.15) is 5.10 Å². The van der Waals surface area contributed by atoms with E-state index in [1.165, 1.54) is 0 Å². The maximum Gasteiger partial charge on any atom is 0.251 e. The Balaban J connectivity index is 1.55. The summed E-state index contributed by atoms with van der Waals surface area (Å²) in [6, 6.07) is 19.8. The zero-order valence-corrected chi connectivity index (χ0v) is 18.1. The van der Waals surface area contributed by atoms with Crippen molar-refractivity contribution < 1.29 is 14.3 Å². The molecule has 0 saturated carbocycles. The largest absolute Gasteiger partial charge is 0.497 e. The lowest BCUT2D eigenvalue weighted by atomic mass is 9.95. The summed E-state index contributed by atoms with van der Waals surface area (Å²) in [6.07, 6.45) is -0.247. The number of benzene rings is 3. The van der Waals surface area contributed by atoms with Crippen molar-refractivity contribution >= 4 is 34.7 Å². The first-order valence-corrected chi connectivity index (χ1v) is 10.6. The van der Waals surface area contributed by atoms with Crippen molar-refractivity contribution in [3.8, 4) is 11.5 Å². The van der Waals surface area contributed by atoms with E-state index >= 15 is 0 Å². The van der Waals surface area contributed by atoms with Crippen molar-refractivity contribution in [2.24, 2.45) is 5.10 Å². The van der Waals surface area contributed by atoms with E-state index in [9.17, 15) is 4.79 Å². The minimum absolute atomic E-state index is 0.152. The number of fused-ring (bicyclic) bond motifs is 3. The number of carbonyl (C=O) groups excluding carboxylic acids is 1. The van der Waals surface area contributed by atoms with Crippen LogP contribution < -0.4 is 9.47 Å². The number of carbonyl (C=O) groups is 1. The Morgan fingerprint density at radius 3 is 2.45 bits per heavy atom. The lowest BCUT2D eigenvalue weighted by molar-refractivity contribution is -0.00455. The number of methoxy groups -OCH3 is 1. The van der Waals surface area contributed by atoms with Crippen LogP contribution in [0.3, 0.4) is 0 Å². The van der Waals surface area contributed by atoms with E-state index in [2.05, 4.69) is 0 Å². The Hall–Kier alpha value is -3.02. The van der Waals surface area contributed by atoms with Crippen LogP contribution in [0, 0.1) is 0 Å². The summed E-state index contributed by atoms with van der Waals surface area (Å²) >= 11 is 12.2. The highest BCUT2D eigenvalue weighted by Gasteiger charge is 2.43. The number of nitrogens with zero attached hydrogens (tertiary/aromatic N) is 2. The van der Waals surface area contributed by atoms with Crippen LogP contribution in [-0.2, 0) is 0 Å². The number of ketones is 1. The standard InChI is InChI=1S/C24H18Cl2N2O3/c1-30-18-9-4-14(5-10-18)20-13-21-19-12-17(26)8-11-22(19)31-24(28(21)27-20)23(29)15-2-6-16(25)7-3-15/h2-12,21,24H,13H2,1H3/t21-,24+/m1/s1. The second-order valence-corrected chi connectivity index (χ2v) is 8.27. The predicted molar refractivity (Wildman–Crippen MR) is 120 cm³/mol. The lowest BCUT2D eigenvalue weighted by Crippen LogP contribution is -2.45. The van der Waals surface area contributed by atoms with Gasteiger partial charge in [0, 0.05) is 27.6 Å². The zero-order chi connectivity index (χ0) is 21.5. The van der Waals surface area contributed by atoms with Gasteiger partial charge in [-0.05, 0) is 72.3 Å². The Kier molecular flexibility index (Phi) is 5.08. The number of ether oxygens (including phenoxy) is 2. The van der Waals surface area contributed by atoms with E-state index in [-0.39, 0.29) is 11.8 Å². The fourth-order valence-electron chi connectivity index (χ4n) is 3.95. The predicted octanol–water partition coefficient (Wildman–Crippen LogP) is 5.75. The third-order valence-corrected chi connectivity index (χ3v) is 6.02. The summed E-state index contributed by atoms with van der Waals surface area (Å²) in [6.45, 7) is 0. The zero-order valence-electron chi connectivity index (χ0n) is 16.6. The first-order chi connectivity index (χ1) is 15.0. The molecular formula is C24H18Cl2N2O3. The van der Waals surface area contributed by atoms with Crippen LogP contribution in [0.5, 0.6) is 11.5 Å². The second kappa shape index (κ2) is 7.91. The Morgan fingerprint density at radius 2 is 1.74 bits per heavy atom. The van der Waals surface area contributed by atoms with Gasteiger partial charge in [0.25, 0.3) is 6.23 Å². The van der Waals surface area contributed by atoms with Gasteiger partial charge in [0.15, 0.2) is 0 Å². The summed E-state index contributed by atoms with van der Waals surface area (Å²) in [4.78, 5) is 13.3. The van der Waals surface area contributed by atoms with Crippen LogP contribution >= 0.6 is 23.2 Å². The molecule has 0 fully saturated rings. The van der Waals surface area contributed by atoms with E-state index in [1.54, 1.807) is 42.5 Å². The molecule has 31 heavy (non-hydrogen) atoms. The number of hydrazone groups is 1. The highest BCUT2D eigenvalue weighted by atomic mass is 35.5. The van der Waals surface area contributed by atoms with Crippen molar-refractivity contribution in [3.63, 3.8) is 0 Å². The molecule has 0 unspecified atom stereocenters. The summed E-state index contributed by atoms with van der Waals surface area (Å²) in [5.41, 5.74) is 3.27. The Morgan fingerprint density at radius 1 is 1.03 bits per heavy atom. The summed E-state index contributed by atoms with van der Waals surface area (Å²) < 4.78 is 11.4. The number of rotatable bonds is 4. The molecule has 0 amide bonds. The van der Waals surface area contributed by atoms with E-state index in [4.69, 9.17) is 37.8 Å². The van der Waals surface area contributed by atoms with Crippen LogP contribution in [-0.4, -0.2) is 29.8 Å². The molecule has 2 atom stereocenters. The fourth-order valence-corrected chi connectivity index (χ4v) is 4.25. The highest BCUT2D eigenvalue weighted by molar-refractivity contribution is 6.31. The van der Waals surface area contributed by atoms with E-state index in [1.807, 2.05) is 36.4 Å². The number of Topliss-reactive ketones (excluding diaryl/α,β-unsaturated/α-hetero) is 1. The smallest absolute Gasteiger partial charge is 0.251 e. The monoisotopic (exact) mass is 452 g/mol. The maximum atomic E-state index is 13.3. The molecule has 0 aliphatic carbocycles. The summed E-state index contributed by atoms with van der Waals surface area (Å²) in [5, 5.41) is 7.73. The van der Waals surface area contributed by atoms with Gasteiger partial charge in [-0.1, -0.05) is 23.2 Å². The molecule has 3 aromatic rings. The Labute approximate surface area is 189 Å². The average molecular weight is 453 g/mol. The molecule has 0 N–H and O–H groups in total. The maximum absolute atomic E-state index is 13.3. The summed E-state index contributed by atoms with van der Waals surface area (Å²) in [5.74, 6) is 1.24. The minimum Gasteiger partial charge on any atom is -0.497 e. The first kappa shape index (κ1) is 19.9. The normalized spacial score (nSPS) is 19.2. The van der Waals surface area contributed by atoms with Gasteiger partial charge >= 0.3 is 0 Å². The molecule has 0 radical (unpaired) electrons. The molecule has 7 heteroatoms.